The van der Waals surface area contributed by atoms with Crippen molar-refractivity contribution < 1.29 is 28.7 Å². The number of nitrogens with zero attached hydrogens (tertiary/aromatic N) is 1. The maximum atomic E-state index is 13.0. The number of nitrogens with one attached hydrogen (secondary N) is 1. The van der Waals surface area contributed by atoms with Crippen LogP contribution in [0.5, 0.6) is 0 Å². The van der Waals surface area contributed by atoms with Crippen LogP contribution in [0.25, 0.3) is 17.4 Å². The van der Waals surface area contributed by atoms with E-state index >= 15 is 0 Å². The minimum atomic E-state index is -1.07. The van der Waals surface area contributed by atoms with E-state index in [9.17, 15) is 24.3 Å². The number of benzene rings is 2. The Morgan fingerprint density at radius 2 is 1.79 bits per heavy atom. The highest BCUT2D eigenvalue weighted by Crippen LogP contribution is 2.35. The third-order valence-electron chi connectivity index (χ3n) is 5.02. The summed E-state index contributed by atoms with van der Waals surface area (Å²) in [5.41, 5.74) is 0.825. The Kier molecular flexibility index (Phi) is 5.80. The van der Waals surface area contributed by atoms with Crippen LogP contribution in [-0.2, 0) is 9.59 Å². The number of imide groups is 2. The van der Waals surface area contributed by atoms with E-state index in [-0.39, 0.29) is 32.6 Å². The third-order valence-corrected chi connectivity index (χ3v) is 5.83. The number of carboxylic acids is 1. The second kappa shape index (κ2) is 8.57. The summed E-state index contributed by atoms with van der Waals surface area (Å²) in [6.45, 7) is 1.65. The molecule has 166 valence electrons. The first-order valence-electron chi connectivity index (χ1n) is 9.47. The molecule has 0 bridgehead atoms. The van der Waals surface area contributed by atoms with E-state index in [0.717, 1.165) is 0 Å². The van der Waals surface area contributed by atoms with E-state index in [1.807, 2.05) is 0 Å². The quantitative estimate of drug-likeness (QED) is 0.400. The number of rotatable bonds is 4. The summed E-state index contributed by atoms with van der Waals surface area (Å²) in [7, 11) is 0. The van der Waals surface area contributed by atoms with Crippen molar-refractivity contribution in [1.82, 2.24) is 5.32 Å². The van der Waals surface area contributed by atoms with E-state index in [1.54, 1.807) is 25.1 Å². The molecule has 2 aromatic carbocycles. The van der Waals surface area contributed by atoms with Crippen molar-refractivity contribution in [3.05, 3.63) is 81.0 Å². The van der Waals surface area contributed by atoms with Crippen LogP contribution in [0, 0.1) is 6.92 Å². The molecular formula is C23H14Cl2N2O6. The minimum absolute atomic E-state index is 0.0197. The van der Waals surface area contributed by atoms with Crippen LogP contribution < -0.4 is 10.2 Å². The van der Waals surface area contributed by atoms with Crippen LogP contribution in [0.4, 0.5) is 10.5 Å². The Labute approximate surface area is 197 Å². The fraction of sp³-hybridized carbons (Fsp3) is 0.0435. The SMILES string of the molecule is Cc1c(C(=O)O)cccc1-c1ccc(/C=C2\C(=O)NC(=O)N(c3cccc(Cl)c3Cl)C2=O)o1. The summed E-state index contributed by atoms with van der Waals surface area (Å²) in [5.74, 6) is -2.39. The zero-order valence-corrected chi connectivity index (χ0v) is 18.4. The number of hydrogen-bond donors (Lipinski definition) is 2. The molecule has 10 heteroatoms. The first-order chi connectivity index (χ1) is 15.7. The van der Waals surface area contributed by atoms with Crippen molar-refractivity contribution in [3.8, 4) is 11.3 Å². The second-order valence-electron chi connectivity index (χ2n) is 7.02. The zero-order chi connectivity index (χ0) is 23.9. The maximum absolute atomic E-state index is 13.0. The van der Waals surface area contributed by atoms with Gasteiger partial charge in [0.15, 0.2) is 0 Å². The highest BCUT2D eigenvalue weighted by Gasteiger charge is 2.38. The summed E-state index contributed by atoms with van der Waals surface area (Å²) in [6, 6.07) is 11.3. The average Bonchev–Trinajstić information content (AvgIpc) is 3.22. The molecule has 1 aliphatic heterocycles. The molecule has 1 fully saturated rings. The molecule has 0 spiro atoms. The van der Waals surface area contributed by atoms with Crippen molar-refractivity contribution in [1.29, 1.82) is 0 Å². The Morgan fingerprint density at radius 1 is 1.06 bits per heavy atom. The molecule has 0 atom stereocenters. The standard InChI is InChI=1S/C23H14Cl2N2O6/c1-11-13(4-2-5-14(11)22(30)31)18-9-8-12(33-18)10-15-20(28)26-23(32)27(21(15)29)17-7-3-6-16(24)19(17)25/h2-10H,1H3,(H,30,31)(H,26,28,32)/b15-10+. The third kappa shape index (κ3) is 4.02. The number of amides is 4. The number of hydrogen-bond acceptors (Lipinski definition) is 5. The Bertz CT molecular complexity index is 1380. The number of carbonyl (C=O) groups excluding carboxylic acids is 3. The largest absolute Gasteiger partial charge is 0.478 e. The van der Waals surface area contributed by atoms with Crippen LogP contribution in [0.15, 0.2) is 58.5 Å². The lowest BCUT2D eigenvalue weighted by molar-refractivity contribution is -0.122. The van der Waals surface area contributed by atoms with E-state index in [2.05, 4.69) is 5.32 Å². The summed E-state index contributed by atoms with van der Waals surface area (Å²) in [5, 5.41) is 11.5. The van der Waals surface area contributed by atoms with Gasteiger partial charge in [-0.3, -0.25) is 14.9 Å². The molecule has 1 saturated heterocycles. The molecule has 2 heterocycles. The molecule has 0 aliphatic carbocycles. The molecule has 4 rings (SSSR count). The first kappa shape index (κ1) is 22.3. The maximum Gasteiger partial charge on any atom is 0.336 e. The van der Waals surface area contributed by atoms with E-state index in [4.69, 9.17) is 27.6 Å². The topological polar surface area (TPSA) is 117 Å². The summed E-state index contributed by atoms with van der Waals surface area (Å²) < 4.78 is 5.74. The van der Waals surface area contributed by atoms with Crippen molar-refractivity contribution >= 4 is 58.8 Å². The number of carbonyl (C=O) groups is 4. The molecule has 2 N–H and O–H groups in total. The lowest BCUT2D eigenvalue weighted by atomic mass is 10.0. The van der Waals surface area contributed by atoms with Crippen LogP contribution in [0.1, 0.15) is 21.7 Å². The van der Waals surface area contributed by atoms with Gasteiger partial charge in [0.1, 0.15) is 17.1 Å². The first-order valence-corrected chi connectivity index (χ1v) is 10.2. The molecule has 33 heavy (non-hydrogen) atoms. The van der Waals surface area contributed by atoms with Crippen LogP contribution in [0.3, 0.4) is 0 Å². The van der Waals surface area contributed by atoms with Gasteiger partial charge >= 0.3 is 12.0 Å². The van der Waals surface area contributed by atoms with Gasteiger partial charge in [-0.25, -0.2) is 14.5 Å². The van der Waals surface area contributed by atoms with Gasteiger partial charge in [0.05, 0.1) is 21.3 Å². The number of furan rings is 1. The monoisotopic (exact) mass is 484 g/mol. The van der Waals surface area contributed by atoms with Crippen molar-refractivity contribution in [2.45, 2.75) is 6.92 Å². The number of urea groups is 1. The normalized spacial score (nSPS) is 15.2. The Morgan fingerprint density at radius 3 is 2.52 bits per heavy atom. The molecule has 0 unspecified atom stereocenters. The van der Waals surface area contributed by atoms with E-state index < -0.39 is 23.8 Å². The Hall–Kier alpha value is -3.88. The number of carboxylic acid groups (broad SMARTS) is 1. The van der Waals surface area contributed by atoms with Crippen molar-refractivity contribution in [2.75, 3.05) is 4.90 Å². The van der Waals surface area contributed by atoms with Crippen molar-refractivity contribution in [2.24, 2.45) is 0 Å². The van der Waals surface area contributed by atoms with Crippen LogP contribution >= 0.6 is 23.2 Å². The van der Waals surface area contributed by atoms with Gasteiger partial charge in [0.25, 0.3) is 11.8 Å². The van der Waals surface area contributed by atoms with Crippen LogP contribution in [-0.4, -0.2) is 28.9 Å². The van der Waals surface area contributed by atoms with E-state index in [1.165, 1.54) is 36.4 Å². The molecule has 8 nitrogen and oxygen atoms in total. The van der Waals surface area contributed by atoms with Gasteiger partial charge in [-0.05, 0) is 48.9 Å². The van der Waals surface area contributed by atoms with E-state index in [0.29, 0.717) is 21.8 Å². The molecule has 3 aromatic rings. The molecule has 1 aromatic heterocycles. The number of anilines is 1. The smallest absolute Gasteiger partial charge is 0.336 e. The fourth-order valence-corrected chi connectivity index (χ4v) is 3.77. The second-order valence-corrected chi connectivity index (χ2v) is 7.80. The fourth-order valence-electron chi connectivity index (χ4n) is 3.39. The highest BCUT2D eigenvalue weighted by atomic mass is 35.5. The number of aromatic carboxylic acids is 1. The van der Waals surface area contributed by atoms with Gasteiger partial charge in [-0.2, -0.15) is 0 Å². The lowest BCUT2D eigenvalue weighted by Crippen LogP contribution is -2.54. The molecule has 0 saturated carbocycles. The predicted octanol–water partition coefficient (Wildman–Crippen LogP) is 4.93. The summed E-state index contributed by atoms with van der Waals surface area (Å²) >= 11 is 12.1. The average molecular weight is 485 g/mol. The Balaban J connectivity index is 1.72. The lowest BCUT2D eigenvalue weighted by Gasteiger charge is -2.27. The van der Waals surface area contributed by atoms with Gasteiger partial charge in [0.2, 0.25) is 0 Å². The molecular weight excluding hydrogens is 471 g/mol. The molecule has 1 aliphatic rings. The van der Waals surface area contributed by atoms with Gasteiger partial charge in [-0.15, -0.1) is 0 Å². The van der Waals surface area contributed by atoms with Gasteiger partial charge in [-0.1, -0.05) is 41.4 Å². The molecule has 4 amide bonds. The van der Waals surface area contributed by atoms with Gasteiger partial charge in [0, 0.05) is 5.56 Å². The summed E-state index contributed by atoms with van der Waals surface area (Å²) in [4.78, 5) is 49.9. The summed E-state index contributed by atoms with van der Waals surface area (Å²) in [6.07, 6.45) is 1.19. The van der Waals surface area contributed by atoms with Crippen LogP contribution in [0.2, 0.25) is 10.0 Å². The number of halogens is 2. The predicted molar refractivity (Wildman–Crippen MR) is 121 cm³/mol. The molecule has 0 radical (unpaired) electrons. The highest BCUT2D eigenvalue weighted by molar-refractivity contribution is 6.46. The van der Waals surface area contributed by atoms with Gasteiger partial charge < -0.3 is 9.52 Å². The number of barbiturate groups is 1. The minimum Gasteiger partial charge on any atom is -0.478 e. The van der Waals surface area contributed by atoms with Crippen molar-refractivity contribution in [3.63, 3.8) is 0 Å². The zero-order valence-electron chi connectivity index (χ0n) is 16.9.